The second-order valence-corrected chi connectivity index (χ2v) is 3.55. The van der Waals surface area contributed by atoms with Gasteiger partial charge in [0.1, 0.15) is 19.0 Å². The molecule has 0 aliphatic heterocycles. The highest BCUT2D eigenvalue weighted by Gasteiger charge is 2.05. The van der Waals surface area contributed by atoms with Gasteiger partial charge in [-0.2, -0.15) is 0 Å². The second-order valence-electron chi connectivity index (χ2n) is 3.55. The minimum Gasteiger partial charge on any atom is -0.504 e. The molecule has 0 aliphatic rings. The van der Waals surface area contributed by atoms with Gasteiger partial charge in [-0.3, -0.25) is 4.98 Å². The summed E-state index contributed by atoms with van der Waals surface area (Å²) in [6.07, 6.45) is 2.90. The number of aromatic hydroxyl groups is 1. The maximum Gasteiger partial charge on any atom is 0.157 e. The molecule has 1 aromatic heterocycles. The first-order chi connectivity index (χ1) is 8.81. The number of ether oxygens (including phenoxy) is 1. The van der Waals surface area contributed by atoms with E-state index in [-0.39, 0.29) is 12.4 Å². The lowest BCUT2D eigenvalue weighted by Crippen LogP contribution is -2.01. The topological polar surface area (TPSA) is 54.4 Å². The van der Waals surface area contributed by atoms with Gasteiger partial charge in [0.2, 0.25) is 0 Å². The summed E-state index contributed by atoms with van der Waals surface area (Å²) in [5, 5.41) is 12.6. The van der Waals surface area contributed by atoms with Crippen LogP contribution in [-0.2, 0) is 0 Å². The van der Waals surface area contributed by atoms with E-state index in [2.05, 4.69) is 10.3 Å². The van der Waals surface area contributed by atoms with Crippen molar-refractivity contribution in [3.8, 4) is 11.5 Å². The molecule has 0 fully saturated rings. The van der Waals surface area contributed by atoms with Gasteiger partial charge in [-0.15, -0.1) is 0 Å². The zero-order valence-corrected chi connectivity index (χ0v) is 9.64. The number of hydrogen-bond donors (Lipinski definition) is 2. The molecule has 2 aromatic rings. The minimum atomic E-state index is -0.547. The van der Waals surface area contributed by atoms with Crippen molar-refractivity contribution in [2.75, 3.05) is 18.6 Å². The third-order valence-electron chi connectivity index (χ3n) is 2.29. The van der Waals surface area contributed by atoms with E-state index in [1.165, 1.54) is 6.20 Å². The molecule has 1 heterocycles. The summed E-state index contributed by atoms with van der Waals surface area (Å²) in [6, 6.07) is 8.78. The fourth-order valence-electron chi connectivity index (χ4n) is 1.48. The van der Waals surface area contributed by atoms with Crippen molar-refractivity contribution < 1.29 is 14.2 Å². The maximum absolute atomic E-state index is 12.1. The quantitative estimate of drug-likeness (QED) is 0.854. The van der Waals surface area contributed by atoms with Crippen LogP contribution in [0, 0.1) is 0 Å². The lowest BCUT2D eigenvalue weighted by Gasteiger charge is -2.12. The van der Waals surface area contributed by atoms with E-state index in [0.717, 1.165) is 0 Å². The molecule has 4 nitrogen and oxygen atoms in total. The molecule has 2 N–H and O–H groups in total. The first kappa shape index (κ1) is 12.2. The third kappa shape index (κ3) is 2.88. The van der Waals surface area contributed by atoms with Crippen molar-refractivity contribution >= 4 is 11.4 Å². The Balaban J connectivity index is 2.21. The van der Waals surface area contributed by atoms with Gasteiger partial charge in [0.05, 0.1) is 17.6 Å². The lowest BCUT2D eigenvalue weighted by atomic mass is 10.2. The van der Waals surface area contributed by atoms with Gasteiger partial charge < -0.3 is 15.2 Å². The number of aromatic nitrogens is 1. The Hall–Kier alpha value is -2.30. The van der Waals surface area contributed by atoms with Gasteiger partial charge in [0, 0.05) is 6.20 Å². The summed E-state index contributed by atoms with van der Waals surface area (Å²) < 4.78 is 17.4. The number of para-hydroxylation sites is 2. The number of hydrogen-bond acceptors (Lipinski definition) is 4. The Morgan fingerprint density at radius 2 is 2.06 bits per heavy atom. The number of halogens is 1. The summed E-state index contributed by atoms with van der Waals surface area (Å²) in [6.45, 7) is -0.546. The van der Waals surface area contributed by atoms with Crippen molar-refractivity contribution in [2.24, 2.45) is 0 Å². The Labute approximate surface area is 104 Å². The summed E-state index contributed by atoms with van der Waals surface area (Å²) in [5.41, 5.74) is 1.17. The molecule has 0 aliphatic carbocycles. The van der Waals surface area contributed by atoms with E-state index in [9.17, 15) is 9.50 Å². The number of alkyl halides is 1. The predicted octanol–water partition coefficient (Wildman–Crippen LogP) is 2.88. The van der Waals surface area contributed by atoms with E-state index in [4.69, 9.17) is 4.74 Å². The molecule has 0 amide bonds. The highest BCUT2D eigenvalue weighted by atomic mass is 19.1. The smallest absolute Gasteiger partial charge is 0.157 e. The van der Waals surface area contributed by atoms with Crippen molar-refractivity contribution in [3.63, 3.8) is 0 Å². The maximum atomic E-state index is 12.1. The van der Waals surface area contributed by atoms with Crippen LogP contribution >= 0.6 is 0 Å². The number of anilines is 2. The number of nitrogens with zero attached hydrogens (tertiary/aromatic N) is 1. The molecule has 94 valence electrons. The minimum absolute atomic E-state index is 0.00101. The summed E-state index contributed by atoms with van der Waals surface area (Å²) in [4.78, 5) is 3.79. The molecule has 0 radical (unpaired) electrons. The van der Waals surface area contributed by atoms with E-state index in [1.807, 2.05) is 6.07 Å². The number of nitrogens with one attached hydrogen (secondary N) is 1. The molecule has 0 bridgehead atoms. The Bertz CT molecular complexity index is 520. The largest absolute Gasteiger partial charge is 0.504 e. The Morgan fingerprint density at radius 3 is 2.83 bits per heavy atom. The van der Waals surface area contributed by atoms with Gasteiger partial charge in [0.15, 0.2) is 5.75 Å². The number of pyridine rings is 1. The molecule has 2 rings (SSSR count). The lowest BCUT2D eigenvalue weighted by molar-refractivity contribution is 0.274. The number of benzene rings is 1. The summed E-state index contributed by atoms with van der Waals surface area (Å²) in [7, 11) is 0. The monoisotopic (exact) mass is 248 g/mol. The SMILES string of the molecule is Oc1cnccc1Nc1ccccc1OCCF. The highest BCUT2D eigenvalue weighted by Crippen LogP contribution is 2.30. The third-order valence-corrected chi connectivity index (χ3v) is 2.29. The summed E-state index contributed by atoms with van der Waals surface area (Å²) >= 11 is 0. The molecule has 1 aromatic carbocycles. The van der Waals surface area contributed by atoms with Crippen LogP contribution in [-0.4, -0.2) is 23.4 Å². The fraction of sp³-hybridized carbons (Fsp3) is 0.154. The predicted molar refractivity (Wildman–Crippen MR) is 67.1 cm³/mol. The van der Waals surface area contributed by atoms with Gasteiger partial charge in [-0.1, -0.05) is 12.1 Å². The molecule has 18 heavy (non-hydrogen) atoms. The van der Waals surface area contributed by atoms with Crippen LogP contribution in [0.4, 0.5) is 15.8 Å². The van der Waals surface area contributed by atoms with Crippen LogP contribution in [0.15, 0.2) is 42.7 Å². The van der Waals surface area contributed by atoms with Gasteiger partial charge in [0.25, 0.3) is 0 Å². The number of rotatable bonds is 5. The molecule has 0 saturated carbocycles. The fourth-order valence-corrected chi connectivity index (χ4v) is 1.48. The van der Waals surface area contributed by atoms with E-state index in [1.54, 1.807) is 30.5 Å². The van der Waals surface area contributed by atoms with Gasteiger partial charge in [-0.05, 0) is 18.2 Å². The molecular weight excluding hydrogens is 235 g/mol. The van der Waals surface area contributed by atoms with E-state index < -0.39 is 6.67 Å². The first-order valence-corrected chi connectivity index (χ1v) is 5.49. The first-order valence-electron chi connectivity index (χ1n) is 5.49. The molecular formula is C13H13FN2O2. The van der Waals surface area contributed by atoms with Gasteiger partial charge in [-0.25, -0.2) is 4.39 Å². The van der Waals surface area contributed by atoms with Crippen LogP contribution in [0.25, 0.3) is 0 Å². The van der Waals surface area contributed by atoms with Crippen molar-refractivity contribution in [3.05, 3.63) is 42.7 Å². The van der Waals surface area contributed by atoms with Crippen LogP contribution in [0.3, 0.4) is 0 Å². The molecule has 0 spiro atoms. The standard InChI is InChI=1S/C13H13FN2O2/c14-6-8-18-13-4-2-1-3-11(13)16-10-5-7-15-9-12(10)17/h1-5,7,9,17H,6,8H2,(H,15,16). The van der Waals surface area contributed by atoms with Crippen molar-refractivity contribution in [1.82, 2.24) is 4.98 Å². The van der Waals surface area contributed by atoms with Crippen LogP contribution in [0.5, 0.6) is 11.5 Å². The van der Waals surface area contributed by atoms with Crippen molar-refractivity contribution in [1.29, 1.82) is 0 Å². The van der Waals surface area contributed by atoms with Crippen LogP contribution < -0.4 is 10.1 Å². The molecule has 0 saturated heterocycles. The second kappa shape index (κ2) is 5.86. The van der Waals surface area contributed by atoms with E-state index >= 15 is 0 Å². The van der Waals surface area contributed by atoms with Crippen LogP contribution in [0.2, 0.25) is 0 Å². The normalized spacial score (nSPS) is 10.1. The van der Waals surface area contributed by atoms with Crippen LogP contribution in [0.1, 0.15) is 0 Å². The molecule has 0 unspecified atom stereocenters. The summed E-state index contributed by atoms with van der Waals surface area (Å²) in [5.74, 6) is 0.573. The molecule has 5 heteroatoms. The zero-order chi connectivity index (χ0) is 12.8. The van der Waals surface area contributed by atoms with Crippen molar-refractivity contribution in [2.45, 2.75) is 0 Å². The van der Waals surface area contributed by atoms with Gasteiger partial charge >= 0.3 is 0 Å². The highest BCUT2D eigenvalue weighted by molar-refractivity contribution is 5.69. The Kier molecular flexibility index (Phi) is 3.96. The van der Waals surface area contributed by atoms with E-state index in [0.29, 0.717) is 17.1 Å². The average Bonchev–Trinajstić information content (AvgIpc) is 2.40. The molecule has 0 atom stereocenters. The zero-order valence-electron chi connectivity index (χ0n) is 9.64. The Morgan fingerprint density at radius 1 is 1.22 bits per heavy atom. The average molecular weight is 248 g/mol.